The van der Waals surface area contributed by atoms with Crippen LogP contribution in [-0.4, -0.2) is 52.3 Å². The summed E-state index contributed by atoms with van der Waals surface area (Å²) >= 11 is 0. The van der Waals surface area contributed by atoms with E-state index in [2.05, 4.69) is 15.4 Å². The fourth-order valence-corrected chi connectivity index (χ4v) is 5.06. The highest BCUT2D eigenvalue weighted by Crippen LogP contribution is 2.25. The van der Waals surface area contributed by atoms with E-state index in [0.717, 1.165) is 0 Å². The first-order chi connectivity index (χ1) is 13.9. The van der Waals surface area contributed by atoms with Crippen LogP contribution in [0.25, 0.3) is 11.0 Å². The molecular formula is C18H19N5O5S. The summed E-state index contributed by atoms with van der Waals surface area (Å²) in [6, 6.07) is 6.54. The fraction of sp³-hybridized carbons (Fsp3) is 0.333. The van der Waals surface area contributed by atoms with Crippen LogP contribution in [0.3, 0.4) is 0 Å². The molecule has 1 atom stereocenters. The Morgan fingerprint density at radius 3 is 2.93 bits per heavy atom. The molecule has 29 heavy (non-hydrogen) atoms. The molecule has 1 fully saturated rings. The van der Waals surface area contributed by atoms with E-state index < -0.39 is 21.3 Å². The van der Waals surface area contributed by atoms with Crippen molar-refractivity contribution in [3.8, 4) is 5.75 Å². The van der Waals surface area contributed by atoms with Gasteiger partial charge in [-0.3, -0.25) is 14.2 Å². The second-order valence-electron chi connectivity index (χ2n) is 6.84. The zero-order chi connectivity index (χ0) is 20.6. The lowest BCUT2D eigenvalue weighted by Crippen LogP contribution is -2.28. The molecule has 3 heterocycles. The topological polar surface area (TPSA) is 125 Å². The van der Waals surface area contributed by atoms with Gasteiger partial charge in [-0.25, -0.2) is 18.1 Å². The number of amides is 1. The number of hydrogen-bond acceptors (Lipinski definition) is 7. The van der Waals surface area contributed by atoms with Crippen molar-refractivity contribution in [1.82, 2.24) is 19.3 Å². The van der Waals surface area contributed by atoms with Gasteiger partial charge in [0.1, 0.15) is 24.0 Å². The quantitative estimate of drug-likeness (QED) is 0.644. The maximum absolute atomic E-state index is 12.7. The molecule has 2 aromatic heterocycles. The Labute approximate surface area is 166 Å². The third-order valence-corrected chi connectivity index (χ3v) is 6.55. The molecule has 0 bridgehead atoms. The normalized spacial score (nSPS) is 18.0. The lowest BCUT2D eigenvalue weighted by Gasteiger charge is -2.10. The van der Waals surface area contributed by atoms with Gasteiger partial charge in [-0.1, -0.05) is 6.07 Å². The molecule has 1 aliphatic rings. The number of nitrogens with zero attached hydrogens (tertiary/aromatic N) is 4. The minimum Gasteiger partial charge on any atom is -0.497 e. The summed E-state index contributed by atoms with van der Waals surface area (Å²) in [5, 5.41) is 7.12. The molecule has 0 saturated carbocycles. The Hall–Kier alpha value is -3.21. The van der Waals surface area contributed by atoms with Gasteiger partial charge in [0.25, 0.3) is 5.56 Å². The molecule has 3 aromatic rings. The summed E-state index contributed by atoms with van der Waals surface area (Å²) < 4.78 is 31.2. The summed E-state index contributed by atoms with van der Waals surface area (Å²) in [6.07, 6.45) is 3.08. The number of benzene rings is 1. The molecule has 1 aromatic carbocycles. The van der Waals surface area contributed by atoms with Crippen molar-refractivity contribution in [3.05, 3.63) is 47.1 Å². The van der Waals surface area contributed by atoms with Crippen molar-refractivity contribution in [1.29, 1.82) is 0 Å². The third kappa shape index (κ3) is 3.86. The molecule has 0 aliphatic carbocycles. The van der Waals surface area contributed by atoms with Crippen molar-refractivity contribution in [2.45, 2.75) is 19.0 Å². The van der Waals surface area contributed by atoms with Crippen LogP contribution in [0, 0.1) is 0 Å². The maximum Gasteiger partial charge on any atom is 0.264 e. The first kappa shape index (κ1) is 19.1. The minimum absolute atomic E-state index is 0.0164. The molecule has 1 amide bonds. The van der Waals surface area contributed by atoms with Crippen molar-refractivity contribution in [3.63, 3.8) is 0 Å². The molecule has 1 aliphatic heterocycles. The van der Waals surface area contributed by atoms with E-state index in [-0.39, 0.29) is 29.5 Å². The number of carbonyl (C=O) groups excluding carboxylic acids is 1. The highest BCUT2D eigenvalue weighted by Gasteiger charge is 2.31. The summed E-state index contributed by atoms with van der Waals surface area (Å²) in [6.45, 7) is -0.220. The van der Waals surface area contributed by atoms with Crippen molar-refractivity contribution in [2.75, 3.05) is 23.9 Å². The number of ether oxygens (including phenoxy) is 1. The molecular weight excluding hydrogens is 398 g/mol. The average molecular weight is 417 g/mol. The number of aromatic nitrogens is 4. The second-order valence-corrected chi connectivity index (χ2v) is 9.07. The molecule has 11 heteroatoms. The number of anilines is 1. The largest absolute Gasteiger partial charge is 0.497 e. The lowest BCUT2D eigenvalue weighted by molar-refractivity contribution is -0.116. The van der Waals surface area contributed by atoms with E-state index in [1.54, 1.807) is 24.3 Å². The minimum atomic E-state index is -3.09. The van der Waals surface area contributed by atoms with Crippen LogP contribution < -0.4 is 15.6 Å². The second kappa shape index (κ2) is 7.32. The summed E-state index contributed by atoms with van der Waals surface area (Å²) in [5.41, 5.74) is 0.455. The third-order valence-electron chi connectivity index (χ3n) is 4.80. The molecule has 10 nitrogen and oxygen atoms in total. The monoisotopic (exact) mass is 417 g/mol. The van der Waals surface area contributed by atoms with Crippen LogP contribution in [0.2, 0.25) is 0 Å². The Morgan fingerprint density at radius 2 is 2.21 bits per heavy atom. The number of rotatable bonds is 5. The first-order valence-electron chi connectivity index (χ1n) is 8.93. The number of fused-ring (bicyclic) bond motifs is 1. The number of hydrogen-bond donors (Lipinski definition) is 1. The molecule has 0 radical (unpaired) electrons. The molecule has 1 unspecified atom stereocenters. The SMILES string of the molecule is COc1cccc(NC(=O)Cn2cnc3c(cnn3C3CCS(=O)(=O)C3)c2=O)c1. The van der Waals surface area contributed by atoms with Gasteiger partial charge in [-0.2, -0.15) is 5.10 Å². The van der Waals surface area contributed by atoms with Gasteiger partial charge in [0.05, 0.1) is 30.9 Å². The average Bonchev–Trinajstić information content (AvgIpc) is 3.27. The lowest BCUT2D eigenvalue weighted by atomic mass is 10.3. The number of nitrogens with one attached hydrogen (secondary N) is 1. The van der Waals surface area contributed by atoms with Crippen molar-refractivity contribution in [2.24, 2.45) is 0 Å². The van der Waals surface area contributed by atoms with E-state index in [9.17, 15) is 18.0 Å². The standard InChI is InChI=1S/C18H19N5O5S/c1-28-14-4-2-3-12(7-14)21-16(24)9-22-11-19-17-15(18(22)25)8-20-23(17)13-5-6-29(26,27)10-13/h2-4,7-8,11,13H,5-6,9-10H2,1H3,(H,21,24). The van der Waals surface area contributed by atoms with Crippen LogP contribution in [0.1, 0.15) is 12.5 Å². The summed E-state index contributed by atoms with van der Waals surface area (Å²) in [5.74, 6) is 0.290. The molecule has 152 valence electrons. The van der Waals surface area contributed by atoms with E-state index in [1.807, 2.05) is 0 Å². The van der Waals surface area contributed by atoms with Crippen molar-refractivity contribution < 1.29 is 17.9 Å². The van der Waals surface area contributed by atoms with Gasteiger partial charge in [-0.05, 0) is 18.6 Å². The smallest absolute Gasteiger partial charge is 0.264 e. The Balaban J connectivity index is 1.55. The van der Waals surface area contributed by atoms with Crippen LogP contribution >= 0.6 is 0 Å². The first-order valence-corrected chi connectivity index (χ1v) is 10.8. The highest BCUT2D eigenvalue weighted by molar-refractivity contribution is 7.91. The fourth-order valence-electron chi connectivity index (χ4n) is 3.37. The zero-order valence-electron chi connectivity index (χ0n) is 15.6. The number of sulfone groups is 1. The van der Waals surface area contributed by atoms with Crippen LogP contribution in [0.15, 0.2) is 41.6 Å². The Bertz CT molecular complexity index is 1250. The van der Waals surface area contributed by atoms with Crippen molar-refractivity contribution >= 4 is 32.5 Å². The molecule has 4 rings (SSSR count). The molecule has 0 spiro atoms. The summed E-state index contributed by atoms with van der Waals surface area (Å²) in [7, 11) is -1.56. The predicted octanol–water partition coefficient (Wildman–Crippen LogP) is 0.600. The molecule has 1 N–H and O–H groups in total. The van der Waals surface area contributed by atoms with E-state index in [0.29, 0.717) is 23.5 Å². The maximum atomic E-state index is 12.7. The number of methoxy groups -OCH3 is 1. The van der Waals surface area contributed by atoms with Gasteiger partial charge in [0, 0.05) is 11.8 Å². The Morgan fingerprint density at radius 1 is 1.38 bits per heavy atom. The highest BCUT2D eigenvalue weighted by atomic mass is 32.2. The predicted molar refractivity (Wildman–Crippen MR) is 106 cm³/mol. The van der Waals surface area contributed by atoms with E-state index in [1.165, 1.54) is 28.9 Å². The molecule has 1 saturated heterocycles. The van der Waals surface area contributed by atoms with Gasteiger partial charge >= 0.3 is 0 Å². The zero-order valence-corrected chi connectivity index (χ0v) is 16.4. The van der Waals surface area contributed by atoms with Gasteiger partial charge < -0.3 is 10.1 Å². The van der Waals surface area contributed by atoms with Gasteiger partial charge in [0.2, 0.25) is 5.91 Å². The summed E-state index contributed by atoms with van der Waals surface area (Å²) in [4.78, 5) is 29.3. The van der Waals surface area contributed by atoms with Crippen LogP contribution in [0.4, 0.5) is 5.69 Å². The van der Waals surface area contributed by atoms with E-state index in [4.69, 9.17) is 4.74 Å². The van der Waals surface area contributed by atoms with Crippen LogP contribution in [0.5, 0.6) is 5.75 Å². The van der Waals surface area contributed by atoms with E-state index >= 15 is 0 Å². The Kier molecular flexibility index (Phi) is 4.82. The van der Waals surface area contributed by atoms with Gasteiger partial charge in [-0.15, -0.1) is 0 Å². The van der Waals surface area contributed by atoms with Gasteiger partial charge in [0.15, 0.2) is 15.5 Å². The number of carbonyl (C=O) groups is 1. The van der Waals surface area contributed by atoms with Crippen LogP contribution in [-0.2, 0) is 21.2 Å².